The van der Waals surface area contributed by atoms with Crippen LogP contribution in [-0.4, -0.2) is 38.8 Å². The van der Waals surface area contributed by atoms with E-state index in [4.69, 9.17) is 5.73 Å². The van der Waals surface area contributed by atoms with E-state index in [-0.39, 0.29) is 35.1 Å². The molecular formula is C18H27ClN4O3S. The van der Waals surface area contributed by atoms with Crippen molar-refractivity contribution in [3.8, 4) is 0 Å². The monoisotopic (exact) mass is 414 g/mol. The quantitative estimate of drug-likeness (QED) is 0.678. The summed E-state index contributed by atoms with van der Waals surface area (Å²) in [5.41, 5.74) is 6.37. The first kappa shape index (κ1) is 21.7. The molecule has 0 saturated heterocycles. The number of nitrogens with two attached hydrogens (primary N) is 1. The van der Waals surface area contributed by atoms with E-state index in [2.05, 4.69) is 15.0 Å². The number of carbonyl (C=O) groups is 1. The lowest BCUT2D eigenvalue weighted by Crippen LogP contribution is -2.48. The molecule has 9 heteroatoms. The number of halogens is 1. The predicted molar refractivity (Wildman–Crippen MR) is 108 cm³/mol. The van der Waals surface area contributed by atoms with Crippen LogP contribution in [-0.2, 0) is 14.8 Å². The van der Waals surface area contributed by atoms with Crippen LogP contribution >= 0.6 is 12.4 Å². The molecule has 3 rings (SSSR count). The minimum absolute atomic E-state index is 0. The van der Waals surface area contributed by atoms with Gasteiger partial charge >= 0.3 is 0 Å². The summed E-state index contributed by atoms with van der Waals surface area (Å²) in [5.74, 6) is 0.385. The number of hydrogen-bond donors (Lipinski definition) is 3. The predicted octanol–water partition coefficient (Wildman–Crippen LogP) is 1.56. The van der Waals surface area contributed by atoms with Gasteiger partial charge in [0, 0.05) is 18.2 Å². The van der Waals surface area contributed by atoms with Crippen LogP contribution in [0.2, 0.25) is 0 Å². The van der Waals surface area contributed by atoms with Crippen LogP contribution in [0, 0.1) is 5.92 Å². The summed E-state index contributed by atoms with van der Waals surface area (Å²) in [6.45, 7) is 2.06. The molecule has 1 aliphatic carbocycles. The molecule has 1 fully saturated rings. The van der Waals surface area contributed by atoms with Gasteiger partial charge in [-0.3, -0.25) is 14.5 Å². The fourth-order valence-corrected chi connectivity index (χ4v) is 4.93. The topological polar surface area (TPSA) is 114 Å². The first-order chi connectivity index (χ1) is 12.4. The molecule has 4 N–H and O–H groups in total. The van der Waals surface area contributed by atoms with Crippen molar-refractivity contribution in [2.45, 2.75) is 56.0 Å². The zero-order valence-corrected chi connectivity index (χ0v) is 17.0. The van der Waals surface area contributed by atoms with Gasteiger partial charge in [-0.15, -0.1) is 12.4 Å². The van der Waals surface area contributed by atoms with Crippen molar-refractivity contribution in [1.29, 1.82) is 0 Å². The lowest BCUT2D eigenvalue weighted by Gasteiger charge is -2.30. The van der Waals surface area contributed by atoms with Crippen LogP contribution in [0.3, 0.4) is 0 Å². The molecule has 0 aromatic heterocycles. The fraction of sp³-hybridized carbons (Fsp3) is 0.556. The average Bonchev–Trinajstić information content (AvgIpc) is 2.91. The van der Waals surface area contributed by atoms with Crippen LogP contribution in [0.15, 0.2) is 34.2 Å². The second kappa shape index (κ2) is 9.03. The number of nitrogens with one attached hydrogen (secondary N) is 2. The molecule has 2 atom stereocenters. The van der Waals surface area contributed by atoms with Crippen molar-refractivity contribution in [3.63, 3.8) is 0 Å². The molecule has 2 unspecified atom stereocenters. The number of amidine groups is 1. The van der Waals surface area contributed by atoms with Crippen LogP contribution < -0.4 is 15.8 Å². The van der Waals surface area contributed by atoms with E-state index in [0.717, 1.165) is 12.8 Å². The highest BCUT2D eigenvalue weighted by atomic mass is 35.5. The largest absolute Gasteiger partial charge is 0.350 e. The first-order valence-electron chi connectivity index (χ1n) is 9.13. The van der Waals surface area contributed by atoms with Crippen LogP contribution in [0.5, 0.6) is 0 Å². The molecular weight excluding hydrogens is 388 g/mol. The van der Waals surface area contributed by atoms with Gasteiger partial charge in [0.05, 0.1) is 4.90 Å². The zero-order valence-electron chi connectivity index (χ0n) is 15.3. The van der Waals surface area contributed by atoms with Crippen LogP contribution in [0.4, 0.5) is 0 Å². The second-order valence-electron chi connectivity index (χ2n) is 7.00. The van der Waals surface area contributed by atoms with Crippen molar-refractivity contribution in [2.75, 3.05) is 6.54 Å². The van der Waals surface area contributed by atoms with Crippen molar-refractivity contribution in [2.24, 2.45) is 16.6 Å². The molecule has 1 amide bonds. The highest BCUT2D eigenvalue weighted by Gasteiger charge is 2.31. The molecule has 150 valence electrons. The summed E-state index contributed by atoms with van der Waals surface area (Å²) >= 11 is 0. The number of hydrogen-bond acceptors (Lipinski definition) is 5. The van der Waals surface area contributed by atoms with E-state index in [9.17, 15) is 13.2 Å². The SMILES string of the molecule is CC(N=C1NS(=O)(=O)c2ccccc21)C(=O)NC(CN)C1CCCCC1.Cl. The van der Waals surface area contributed by atoms with Crippen LogP contribution in [0.1, 0.15) is 44.6 Å². The van der Waals surface area contributed by atoms with E-state index >= 15 is 0 Å². The first-order valence-corrected chi connectivity index (χ1v) is 10.6. The average molecular weight is 415 g/mol. The molecule has 1 aliphatic heterocycles. The molecule has 2 aliphatic rings. The van der Waals surface area contributed by atoms with Crippen molar-refractivity contribution < 1.29 is 13.2 Å². The van der Waals surface area contributed by atoms with Gasteiger partial charge in [-0.25, -0.2) is 8.42 Å². The third-order valence-corrected chi connectivity index (χ3v) is 6.56. The molecule has 0 bridgehead atoms. The maximum Gasteiger partial charge on any atom is 0.263 e. The Balaban J connectivity index is 0.00000261. The zero-order chi connectivity index (χ0) is 18.7. The van der Waals surface area contributed by atoms with Gasteiger partial charge in [0.25, 0.3) is 10.0 Å². The Kier molecular flexibility index (Phi) is 7.25. The van der Waals surface area contributed by atoms with Gasteiger partial charge in [-0.1, -0.05) is 31.4 Å². The van der Waals surface area contributed by atoms with Gasteiger partial charge in [-0.2, -0.15) is 0 Å². The number of sulfonamides is 1. The number of amides is 1. The van der Waals surface area contributed by atoms with Gasteiger partial charge in [-0.05, 0) is 37.8 Å². The minimum atomic E-state index is -3.60. The van der Waals surface area contributed by atoms with Crippen molar-refractivity contribution in [1.82, 2.24) is 10.0 Å². The molecule has 1 aromatic rings. The third kappa shape index (κ3) is 4.80. The number of carbonyl (C=O) groups excluding carboxylic acids is 1. The van der Waals surface area contributed by atoms with Crippen LogP contribution in [0.25, 0.3) is 0 Å². The number of nitrogens with zero attached hydrogens (tertiary/aromatic N) is 1. The number of rotatable bonds is 5. The summed E-state index contributed by atoms with van der Waals surface area (Å²) in [7, 11) is -3.60. The van der Waals surface area contributed by atoms with E-state index in [0.29, 0.717) is 18.0 Å². The minimum Gasteiger partial charge on any atom is -0.350 e. The standard InChI is InChI=1S/C18H26N4O3S.ClH/c1-12(18(23)21-15(11-19)13-7-3-2-4-8-13)20-17-14-9-5-6-10-16(14)26(24,25)22-17;/h5-6,9-10,12-13,15H,2-4,7-8,11,19H2,1H3,(H,20,22)(H,21,23);1H. The van der Waals surface area contributed by atoms with E-state index in [1.807, 2.05) is 0 Å². The highest BCUT2D eigenvalue weighted by Crippen LogP contribution is 2.26. The van der Waals surface area contributed by atoms with Gasteiger partial charge in [0.2, 0.25) is 5.91 Å². The molecule has 1 heterocycles. The van der Waals surface area contributed by atoms with Crippen molar-refractivity contribution in [3.05, 3.63) is 29.8 Å². The molecule has 1 aromatic carbocycles. The summed E-state index contributed by atoms with van der Waals surface area (Å²) in [6.07, 6.45) is 5.75. The smallest absolute Gasteiger partial charge is 0.263 e. The molecule has 0 radical (unpaired) electrons. The Labute approximate surface area is 166 Å². The van der Waals surface area contributed by atoms with Gasteiger partial charge in [0.15, 0.2) is 0 Å². The Morgan fingerprint density at radius 3 is 2.63 bits per heavy atom. The maximum atomic E-state index is 12.6. The summed E-state index contributed by atoms with van der Waals surface area (Å²) in [5, 5.41) is 3.01. The maximum absolute atomic E-state index is 12.6. The van der Waals surface area contributed by atoms with E-state index in [1.165, 1.54) is 25.3 Å². The Morgan fingerprint density at radius 2 is 1.96 bits per heavy atom. The number of fused-ring (bicyclic) bond motifs is 1. The lowest BCUT2D eigenvalue weighted by atomic mass is 9.84. The fourth-order valence-electron chi connectivity index (χ4n) is 3.69. The highest BCUT2D eigenvalue weighted by molar-refractivity contribution is 7.90. The summed E-state index contributed by atoms with van der Waals surface area (Å²) in [4.78, 5) is 17.1. The summed E-state index contributed by atoms with van der Waals surface area (Å²) in [6, 6.07) is 5.84. The van der Waals surface area contributed by atoms with Crippen molar-refractivity contribution >= 4 is 34.2 Å². The molecule has 7 nitrogen and oxygen atoms in total. The van der Waals surface area contributed by atoms with E-state index in [1.54, 1.807) is 25.1 Å². The Bertz CT molecular complexity index is 807. The molecule has 1 saturated carbocycles. The second-order valence-corrected chi connectivity index (χ2v) is 8.66. The van der Waals surface area contributed by atoms with Gasteiger partial charge < -0.3 is 11.1 Å². The molecule has 27 heavy (non-hydrogen) atoms. The molecule has 0 spiro atoms. The summed E-state index contributed by atoms with van der Waals surface area (Å²) < 4.78 is 26.7. The third-order valence-electron chi connectivity index (χ3n) is 5.17. The van der Waals surface area contributed by atoms with E-state index < -0.39 is 16.1 Å². The Hall–Kier alpha value is -1.64. The van der Waals surface area contributed by atoms with Gasteiger partial charge in [0.1, 0.15) is 11.9 Å². The Morgan fingerprint density at radius 1 is 1.30 bits per heavy atom. The number of aliphatic imine (C=N–C) groups is 1. The lowest BCUT2D eigenvalue weighted by molar-refractivity contribution is -0.123. The normalized spacial score (nSPS) is 22.2. The number of benzene rings is 1.